The maximum Gasteiger partial charge on any atom is 0.304 e. The van der Waals surface area contributed by atoms with Gasteiger partial charge in [-0.25, -0.2) is 0 Å². The van der Waals surface area contributed by atoms with Crippen LogP contribution >= 0.6 is 7.29 Å². The second kappa shape index (κ2) is 9.45. The van der Waals surface area contributed by atoms with Gasteiger partial charge in [0, 0.05) is 24.4 Å². The summed E-state index contributed by atoms with van der Waals surface area (Å²) < 4.78 is 18.0. The van der Waals surface area contributed by atoms with E-state index >= 15 is 0 Å². The van der Waals surface area contributed by atoms with E-state index in [0.29, 0.717) is 11.3 Å². The van der Waals surface area contributed by atoms with E-state index < -0.39 is 13.3 Å². The lowest BCUT2D eigenvalue weighted by Gasteiger charge is -2.18. The molecule has 128 valence electrons. The average molecular weight is 343 g/mol. The Kier molecular flexibility index (Phi) is 7.95. The summed E-state index contributed by atoms with van der Waals surface area (Å²) in [6.45, 7) is 1.48. The number of hydrogen-bond donors (Lipinski definition) is 3. The Morgan fingerprint density at radius 1 is 1.22 bits per heavy atom. The summed E-state index contributed by atoms with van der Waals surface area (Å²) >= 11 is 0. The minimum absolute atomic E-state index is 0.0355. The first-order valence-electron chi connectivity index (χ1n) is 7.26. The van der Waals surface area contributed by atoms with Gasteiger partial charge in [0.15, 0.2) is 13.1 Å². The molecule has 3 N–H and O–H groups in total. The van der Waals surface area contributed by atoms with E-state index in [2.05, 4.69) is 5.09 Å². The number of carbonyl (C=O) groups is 2. The lowest BCUT2D eigenvalue weighted by atomic mass is 10.1. The first-order valence-corrected chi connectivity index (χ1v) is 9.34. The third-order valence-electron chi connectivity index (χ3n) is 3.18. The second-order valence-electron chi connectivity index (χ2n) is 5.04. The molecule has 1 aromatic rings. The number of Topliss-reactive ketones (excluding diaryl/α,β-unsaturated/α-hetero) is 1. The molecule has 1 unspecified atom stereocenters. The molecule has 0 saturated carbocycles. The van der Waals surface area contributed by atoms with Crippen LogP contribution in [0.4, 0.5) is 0 Å². The minimum Gasteiger partial charge on any atom is -0.493 e. The quantitative estimate of drug-likeness (QED) is 0.413. The fourth-order valence-electron chi connectivity index (χ4n) is 1.89. The summed E-state index contributed by atoms with van der Waals surface area (Å²) in [7, 11) is -2.88. The third kappa shape index (κ3) is 7.41. The number of carboxylic acid groups (broad SMARTS) is 1. The molecular formula is C15H22NO6P. The van der Waals surface area contributed by atoms with Crippen molar-refractivity contribution in [1.82, 2.24) is 5.09 Å². The predicted octanol–water partition coefficient (Wildman–Crippen LogP) is 1.60. The van der Waals surface area contributed by atoms with Gasteiger partial charge in [0.1, 0.15) is 5.75 Å². The average Bonchev–Trinajstić information content (AvgIpc) is 2.47. The monoisotopic (exact) mass is 343 g/mol. The van der Waals surface area contributed by atoms with Crippen molar-refractivity contribution in [2.45, 2.75) is 13.3 Å². The molecule has 0 saturated heterocycles. The van der Waals surface area contributed by atoms with E-state index in [1.54, 1.807) is 24.3 Å². The molecule has 0 radical (unpaired) electrons. The van der Waals surface area contributed by atoms with Crippen LogP contribution in [-0.4, -0.2) is 54.0 Å². The predicted molar refractivity (Wildman–Crippen MR) is 86.6 cm³/mol. The Balaban J connectivity index is 2.49. The number of hydrogen-bond acceptors (Lipinski definition) is 5. The zero-order valence-electron chi connectivity index (χ0n) is 13.0. The van der Waals surface area contributed by atoms with Crippen molar-refractivity contribution >= 4 is 19.0 Å². The molecule has 8 heteroatoms. The molecule has 0 aliphatic heterocycles. The van der Waals surface area contributed by atoms with Crippen molar-refractivity contribution in [3.05, 3.63) is 29.8 Å². The number of aliphatic hydroxyl groups excluding tert-OH is 1. The Bertz CT molecular complexity index is 572. The van der Waals surface area contributed by atoms with Gasteiger partial charge in [-0.15, -0.1) is 0 Å². The summed E-state index contributed by atoms with van der Waals surface area (Å²) in [5, 5.41) is 20.3. The molecule has 0 amide bonds. The molecule has 1 rings (SSSR count). The van der Waals surface area contributed by atoms with Crippen molar-refractivity contribution in [3.63, 3.8) is 0 Å². The third-order valence-corrected chi connectivity index (χ3v) is 5.81. The number of aliphatic hydroxyl groups is 1. The molecule has 0 bridgehead atoms. The van der Waals surface area contributed by atoms with Crippen molar-refractivity contribution in [2.24, 2.45) is 0 Å². The van der Waals surface area contributed by atoms with E-state index in [1.165, 1.54) is 6.92 Å². The number of carbonyl (C=O) groups excluding carboxylic acids is 1. The van der Waals surface area contributed by atoms with Crippen LogP contribution in [0.5, 0.6) is 5.75 Å². The molecule has 0 fully saturated rings. The number of ketones is 1. The molecule has 0 spiro atoms. The molecule has 23 heavy (non-hydrogen) atoms. The largest absolute Gasteiger partial charge is 0.493 e. The Morgan fingerprint density at radius 3 is 2.39 bits per heavy atom. The van der Waals surface area contributed by atoms with Crippen LogP contribution in [0.25, 0.3) is 0 Å². The first-order chi connectivity index (χ1) is 10.9. The SMILES string of the molecule is CC(=O)c1ccc(OCCP(=O)(CCO)NCCC(=O)O)cc1. The van der Waals surface area contributed by atoms with E-state index in [4.69, 9.17) is 14.9 Å². The van der Waals surface area contributed by atoms with Crippen molar-refractivity contribution in [3.8, 4) is 5.75 Å². The summed E-state index contributed by atoms with van der Waals surface area (Å²) in [5.41, 5.74) is 0.582. The van der Waals surface area contributed by atoms with Gasteiger partial charge in [-0.3, -0.25) is 14.7 Å². The van der Waals surface area contributed by atoms with Gasteiger partial charge in [0.05, 0.1) is 19.6 Å². The van der Waals surface area contributed by atoms with Gasteiger partial charge in [0.2, 0.25) is 0 Å². The van der Waals surface area contributed by atoms with Crippen LogP contribution < -0.4 is 9.82 Å². The normalized spacial score (nSPS) is 13.3. The highest BCUT2D eigenvalue weighted by Gasteiger charge is 2.21. The van der Waals surface area contributed by atoms with E-state index in [0.717, 1.165) is 0 Å². The van der Waals surface area contributed by atoms with E-state index in [1.807, 2.05) is 0 Å². The van der Waals surface area contributed by atoms with Gasteiger partial charge in [0.25, 0.3) is 0 Å². The standard InChI is InChI=1S/C15H22NO6P/c1-12(18)13-2-4-14(5-3-13)22-9-11-23(21,10-8-17)16-7-6-15(19)20/h2-5,17H,6-11H2,1H3,(H,16,21)(H,19,20). The lowest BCUT2D eigenvalue weighted by molar-refractivity contribution is -0.136. The minimum atomic E-state index is -2.88. The van der Waals surface area contributed by atoms with Gasteiger partial charge in [-0.1, -0.05) is 0 Å². The topological polar surface area (TPSA) is 113 Å². The Labute approximate surface area is 135 Å². The smallest absolute Gasteiger partial charge is 0.304 e. The van der Waals surface area contributed by atoms with Crippen molar-refractivity contribution < 1.29 is 29.1 Å². The summed E-state index contributed by atoms with van der Waals surface area (Å²) in [5.74, 6) is -0.461. The van der Waals surface area contributed by atoms with Crippen LogP contribution in [0.1, 0.15) is 23.7 Å². The van der Waals surface area contributed by atoms with Crippen LogP contribution in [0, 0.1) is 0 Å². The van der Waals surface area contributed by atoms with Crippen LogP contribution in [-0.2, 0) is 9.36 Å². The molecule has 7 nitrogen and oxygen atoms in total. The highest BCUT2D eigenvalue weighted by atomic mass is 31.2. The number of nitrogens with one attached hydrogen (secondary N) is 1. The Morgan fingerprint density at radius 2 is 1.87 bits per heavy atom. The zero-order chi connectivity index (χ0) is 17.3. The van der Waals surface area contributed by atoms with Gasteiger partial charge in [-0.2, -0.15) is 0 Å². The highest BCUT2D eigenvalue weighted by Crippen LogP contribution is 2.39. The molecule has 0 aromatic heterocycles. The number of aliphatic carboxylic acids is 1. The van der Waals surface area contributed by atoms with Crippen molar-refractivity contribution in [2.75, 3.05) is 32.1 Å². The first kappa shape index (κ1) is 19.4. The second-order valence-corrected chi connectivity index (χ2v) is 8.03. The van der Waals surface area contributed by atoms with Gasteiger partial charge in [-0.05, 0) is 31.2 Å². The zero-order valence-corrected chi connectivity index (χ0v) is 13.9. The highest BCUT2D eigenvalue weighted by molar-refractivity contribution is 7.61. The fraction of sp³-hybridized carbons (Fsp3) is 0.467. The van der Waals surface area contributed by atoms with Gasteiger partial charge >= 0.3 is 5.97 Å². The van der Waals surface area contributed by atoms with Crippen LogP contribution in [0.2, 0.25) is 0 Å². The number of ether oxygens (including phenoxy) is 1. The van der Waals surface area contributed by atoms with Crippen LogP contribution in [0.15, 0.2) is 24.3 Å². The maximum absolute atomic E-state index is 12.5. The van der Waals surface area contributed by atoms with E-state index in [9.17, 15) is 14.2 Å². The van der Waals surface area contributed by atoms with Crippen molar-refractivity contribution in [1.29, 1.82) is 0 Å². The molecular weight excluding hydrogens is 321 g/mol. The summed E-state index contributed by atoms with van der Waals surface area (Å²) in [4.78, 5) is 21.7. The van der Waals surface area contributed by atoms with E-state index in [-0.39, 0.29) is 44.3 Å². The summed E-state index contributed by atoms with van der Waals surface area (Å²) in [6, 6.07) is 6.61. The van der Waals surface area contributed by atoms with Crippen LogP contribution in [0.3, 0.4) is 0 Å². The molecule has 0 aliphatic rings. The number of rotatable bonds is 11. The fourth-order valence-corrected chi connectivity index (χ4v) is 3.66. The molecule has 1 atom stereocenters. The number of carboxylic acids is 1. The summed E-state index contributed by atoms with van der Waals surface area (Å²) in [6.07, 6.45) is 0.115. The molecule has 1 aromatic carbocycles. The maximum atomic E-state index is 12.5. The van der Waals surface area contributed by atoms with Gasteiger partial charge < -0.3 is 19.5 Å². The molecule has 0 heterocycles. The molecule has 0 aliphatic carbocycles. The number of benzene rings is 1. The Hall–Kier alpha value is -1.69. The lowest BCUT2D eigenvalue weighted by Crippen LogP contribution is -2.22.